The van der Waals surface area contributed by atoms with Gasteiger partial charge in [0.05, 0.1) is 5.69 Å². The normalized spacial score (nSPS) is 10.9. The summed E-state index contributed by atoms with van der Waals surface area (Å²) in [5, 5.41) is 3.12. The van der Waals surface area contributed by atoms with Crippen LogP contribution in [0.1, 0.15) is 5.01 Å². The van der Waals surface area contributed by atoms with Crippen molar-refractivity contribution >= 4 is 17.4 Å². The summed E-state index contributed by atoms with van der Waals surface area (Å²) in [6, 6.07) is 10.2. The Morgan fingerprint density at radius 2 is 1.94 bits per heavy atom. The Morgan fingerprint density at radius 3 is 2.62 bits per heavy atom. The van der Waals surface area contributed by atoms with E-state index in [0.717, 1.165) is 10.7 Å². The lowest BCUT2D eigenvalue weighted by atomic mass is 10.2. The fourth-order valence-electron chi connectivity index (χ4n) is 1.32. The van der Waals surface area contributed by atoms with Crippen molar-refractivity contribution in [2.24, 2.45) is 0 Å². The van der Waals surface area contributed by atoms with Gasteiger partial charge in [-0.25, -0.2) is 4.98 Å². The van der Waals surface area contributed by atoms with E-state index >= 15 is 0 Å². The van der Waals surface area contributed by atoms with Gasteiger partial charge in [-0.2, -0.15) is 0 Å². The number of nitrogens with zero attached hydrogens (tertiary/aromatic N) is 2. The van der Waals surface area contributed by atoms with Crippen LogP contribution in [0.2, 0.25) is 0 Å². The molecule has 0 amide bonds. The summed E-state index contributed by atoms with van der Waals surface area (Å²) in [5.74, 6) is 0. The molecule has 1 heterocycles. The van der Waals surface area contributed by atoms with E-state index in [0.29, 0.717) is 0 Å². The van der Waals surface area contributed by atoms with Crippen molar-refractivity contribution in [2.45, 2.75) is 0 Å². The highest BCUT2D eigenvalue weighted by Gasteiger charge is 2.01. The third-order valence-corrected chi connectivity index (χ3v) is 2.92. The van der Waals surface area contributed by atoms with Crippen LogP contribution >= 0.6 is 11.3 Å². The van der Waals surface area contributed by atoms with Crippen molar-refractivity contribution in [3.05, 3.63) is 46.9 Å². The molecule has 0 aliphatic rings. The highest BCUT2D eigenvalue weighted by Crippen LogP contribution is 2.22. The van der Waals surface area contributed by atoms with Gasteiger partial charge in [0.1, 0.15) is 5.01 Å². The van der Waals surface area contributed by atoms with Crippen LogP contribution in [0.5, 0.6) is 0 Å². The zero-order valence-electron chi connectivity index (χ0n) is 9.42. The van der Waals surface area contributed by atoms with E-state index in [9.17, 15) is 0 Å². The van der Waals surface area contributed by atoms with Gasteiger partial charge in [0.15, 0.2) is 0 Å². The molecule has 2 rings (SSSR count). The van der Waals surface area contributed by atoms with Gasteiger partial charge in [0.2, 0.25) is 0 Å². The van der Waals surface area contributed by atoms with Crippen LogP contribution in [0.4, 0.5) is 0 Å². The van der Waals surface area contributed by atoms with E-state index in [1.54, 1.807) is 11.3 Å². The first-order valence-corrected chi connectivity index (χ1v) is 5.99. The zero-order valence-corrected chi connectivity index (χ0v) is 10.2. The molecule has 0 unspecified atom stereocenters. The van der Waals surface area contributed by atoms with Gasteiger partial charge >= 0.3 is 0 Å². The van der Waals surface area contributed by atoms with Crippen LogP contribution in [-0.2, 0) is 0 Å². The summed E-state index contributed by atoms with van der Waals surface area (Å²) in [5.41, 5.74) is 2.22. The Kier molecular flexibility index (Phi) is 3.37. The summed E-state index contributed by atoms with van der Waals surface area (Å²) in [7, 11) is 4.00. The van der Waals surface area contributed by atoms with E-state index in [-0.39, 0.29) is 0 Å². The minimum atomic E-state index is 1.03. The molecular formula is C13H14N2S. The van der Waals surface area contributed by atoms with Crippen LogP contribution in [0.15, 0.2) is 41.9 Å². The van der Waals surface area contributed by atoms with Crippen LogP contribution in [0.25, 0.3) is 17.3 Å². The first kappa shape index (κ1) is 10.9. The molecule has 0 saturated carbocycles. The second-order valence-electron chi connectivity index (χ2n) is 3.72. The molecule has 82 valence electrons. The van der Waals surface area contributed by atoms with E-state index in [1.807, 2.05) is 49.5 Å². The summed E-state index contributed by atoms with van der Waals surface area (Å²) in [6.45, 7) is 0. The van der Waals surface area contributed by atoms with E-state index in [2.05, 4.69) is 22.5 Å². The molecule has 0 aliphatic heterocycles. The fraction of sp³-hybridized carbons (Fsp3) is 0.154. The second kappa shape index (κ2) is 4.94. The number of aromatic nitrogens is 1. The van der Waals surface area contributed by atoms with Gasteiger partial charge in [-0.1, -0.05) is 30.3 Å². The molecule has 2 nitrogen and oxygen atoms in total. The topological polar surface area (TPSA) is 16.1 Å². The zero-order chi connectivity index (χ0) is 11.4. The quantitative estimate of drug-likeness (QED) is 0.804. The summed E-state index contributed by atoms with van der Waals surface area (Å²) in [6.07, 6.45) is 4.03. The number of thiazole rings is 1. The predicted octanol–water partition coefficient (Wildman–Crippen LogP) is 3.34. The van der Waals surface area contributed by atoms with Crippen molar-refractivity contribution in [1.82, 2.24) is 9.88 Å². The maximum absolute atomic E-state index is 4.56. The monoisotopic (exact) mass is 230 g/mol. The molecule has 2 aromatic rings. The molecule has 0 radical (unpaired) electrons. The van der Waals surface area contributed by atoms with E-state index in [1.165, 1.54) is 5.56 Å². The molecule has 3 heteroatoms. The van der Waals surface area contributed by atoms with Gasteiger partial charge < -0.3 is 4.90 Å². The molecule has 0 bridgehead atoms. The summed E-state index contributed by atoms with van der Waals surface area (Å²) >= 11 is 1.66. The number of rotatable bonds is 3. The van der Waals surface area contributed by atoms with Gasteiger partial charge in [-0.3, -0.25) is 0 Å². The third-order valence-electron chi connectivity index (χ3n) is 2.11. The molecule has 0 spiro atoms. The van der Waals surface area contributed by atoms with Crippen molar-refractivity contribution in [1.29, 1.82) is 0 Å². The minimum Gasteiger partial charge on any atom is -0.383 e. The van der Waals surface area contributed by atoms with Crippen molar-refractivity contribution in [3.63, 3.8) is 0 Å². The first-order chi connectivity index (χ1) is 7.75. The maximum Gasteiger partial charge on any atom is 0.118 e. The highest BCUT2D eigenvalue weighted by molar-refractivity contribution is 7.10. The Morgan fingerprint density at radius 1 is 1.19 bits per heavy atom. The fourth-order valence-corrected chi connectivity index (χ4v) is 2.03. The largest absolute Gasteiger partial charge is 0.383 e. The summed E-state index contributed by atoms with van der Waals surface area (Å²) in [4.78, 5) is 6.56. The minimum absolute atomic E-state index is 1.03. The van der Waals surface area contributed by atoms with Crippen molar-refractivity contribution < 1.29 is 0 Å². The number of hydrogen-bond acceptors (Lipinski definition) is 3. The van der Waals surface area contributed by atoms with Gasteiger partial charge in [-0.15, -0.1) is 11.3 Å². The lowest BCUT2D eigenvalue weighted by molar-refractivity contribution is 0.567. The summed E-state index contributed by atoms with van der Waals surface area (Å²) < 4.78 is 0. The van der Waals surface area contributed by atoms with Gasteiger partial charge in [0.25, 0.3) is 0 Å². The maximum atomic E-state index is 4.56. The molecule has 0 aliphatic carbocycles. The van der Waals surface area contributed by atoms with Crippen LogP contribution < -0.4 is 0 Å². The SMILES string of the molecule is CN(C)C=Cc1nc(-c2ccccc2)cs1. The third kappa shape index (κ3) is 2.70. The lowest BCUT2D eigenvalue weighted by Gasteiger charge is -2.01. The van der Waals surface area contributed by atoms with Crippen molar-refractivity contribution in [2.75, 3.05) is 14.1 Å². The van der Waals surface area contributed by atoms with Crippen LogP contribution in [0, 0.1) is 0 Å². The standard InChI is InChI=1S/C13H14N2S/c1-15(2)9-8-13-14-12(10-16-13)11-6-4-3-5-7-11/h3-10H,1-2H3. The predicted molar refractivity (Wildman–Crippen MR) is 70.3 cm³/mol. The van der Waals surface area contributed by atoms with Crippen LogP contribution in [-0.4, -0.2) is 24.0 Å². The first-order valence-electron chi connectivity index (χ1n) is 5.11. The molecule has 0 fully saturated rings. The van der Waals surface area contributed by atoms with Crippen LogP contribution in [0.3, 0.4) is 0 Å². The van der Waals surface area contributed by atoms with E-state index in [4.69, 9.17) is 0 Å². The van der Waals surface area contributed by atoms with E-state index < -0.39 is 0 Å². The van der Waals surface area contributed by atoms with Gasteiger partial charge in [-0.05, 0) is 6.08 Å². The second-order valence-corrected chi connectivity index (χ2v) is 4.61. The molecule has 16 heavy (non-hydrogen) atoms. The molecule has 1 aromatic carbocycles. The molecule has 1 aromatic heterocycles. The Bertz CT molecular complexity index is 472. The smallest absolute Gasteiger partial charge is 0.118 e. The number of benzene rings is 1. The molecule has 0 atom stereocenters. The molecule has 0 saturated heterocycles. The average molecular weight is 230 g/mol. The van der Waals surface area contributed by atoms with Gasteiger partial charge in [0, 0.05) is 31.2 Å². The molecular weight excluding hydrogens is 216 g/mol. The average Bonchev–Trinajstić information content (AvgIpc) is 2.76. The highest BCUT2D eigenvalue weighted by atomic mass is 32.1. The Balaban J connectivity index is 2.20. The lowest BCUT2D eigenvalue weighted by Crippen LogP contribution is -1.99. The number of hydrogen-bond donors (Lipinski definition) is 0. The molecule has 0 N–H and O–H groups in total. The van der Waals surface area contributed by atoms with Crippen molar-refractivity contribution in [3.8, 4) is 11.3 Å². The Hall–Kier alpha value is -1.61. The Labute approximate surface area is 99.9 Å².